The molecule has 2 aromatic rings. The van der Waals surface area contributed by atoms with Gasteiger partial charge in [-0.2, -0.15) is 0 Å². The molecule has 0 bridgehead atoms. The number of rotatable bonds is 4. The molecule has 0 unspecified atom stereocenters. The molecule has 1 aliphatic rings. The Hall–Kier alpha value is -2.17. The second-order valence-corrected chi connectivity index (χ2v) is 4.87. The molecule has 2 heterocycles. The predicted octanol–water partition coefficient (Wildman–Crippen LogP) is 2.30. The highest BCUT2D eigenvalue weighted by molar-refractivity contribution is 5.77. The Morgan fingerprint density at radius 2 is 2.37 bits per heavy atom. The molecule has 0 saturated heterocycles. The smallest absolute Gasteiger partial charge is 0.326 e. The fraction of sp³-hybridized carbons (Fsp3) is 0.357. The van der Waals surface area contributed by atoms with E-state index in [1.807, 2.05) is 12.1 Å². The van der Waals surface area contributed by atoms with Crippen LogP contribution < -0.4 is 5.32 Å². The van der Waals surface area contributed by atoms with E-state index in [0.717, 1.165) is 30.1 Å². The molecule has 98 valence electrons. The van der Waals surface area contributed by atoms with Gasteiger partial charge in [0.1, 0.15) is 6.33 Å². The van der Waals surface area contributed by atoms with Crippen LogP contribution in [0, 0.1) is 5.92 Å². The Morgan fingerprint density at radius 3 is 3.11 bits per heavy atom. The molecule has 3 rings (SSSR count). The molecule has 0 aliphatic heterocycles. The minimum absolute atomic E-state index is 0.122. The van der Waals surface area contributed by atoms with Gasteiger partial charge in [0.2, 0.25) is 0 Å². The Labute approximate surface area is 111 Å². The second kappa shape index (κ2) is 5.22. The molecule has 0 radical (unpaired) electrons. The van der Waals surface area contributed by atoms with Gasteiger partial charge in [0.25, 0.3) is 0 Å². The van der Waals surface area contributed by atoms with E-state index >= 15 is 0 Å². The average Bonchev–Trinajstić information content (AvgIpc) is 3.13. The van der Waals surface area contributed by atoms with Gasteiger partial charge < -0.3 is 5.32 Å². The highest BCUT2D eigenvalue weighted by Gasteiger charge is 2.20. The van der Waals surface area contributed by atoms with Gasteiger partial charge in [-0.25, -0.2) is 9.78 Å². The molecule has 1 aliphatic carbocycles. The zero-order valence-electron chi connectivity index (χ0n) is 10.6. The quantitative estimate of drug-likeness (QED) is 0.913. The molecular weight excluding hydrogens is 240 g/mol. The summed E-state index contributed by atoms with van der Waals surface area (Å²) >= 11 is 0. The number of aromatic nitrogens is 3. The zero-order chi connectivity index (χ0) is 13.1. The van der Waals surface area contributed by atoms with Crippen molar-refractivity contribution in [2.45, 2.75) is 19.3 Å². The van der Waals surface area contributed by atoms with Gasteiger partial charge in [0, 0.05) is 30.7 Å². The maximum atomic E-state index is 11.9. The topological polar surface area (TPSA) is 59.8 Å². The van der Waals surface area contributed by atoms with Crippen LogP contribution in [0.1, 0.15) is 19.3 Å². The molecule has 5 nitrogen and oxygen atoms in total. The van der Waals surface area contributed by atoms with E-state index in [4.69, 9.17) is 0 Å². The van der Waals surface area contributed by atoms with Gasteiger partial charge in [0.15, 0.2) is 0 Å². The highest BCUT2D eigenvalue weighted by Crippen LogP contribution is 2.31. The predicted molar refractivity (Wildman–Crippen MR) is 71.6 cm³/mol. The maximum absolute atomic E-state index is 11.9. The summed E-state index contributed by atoms with van der Waals surface area (Å²) in [6.07, 6.45) is 10.4. The number of imidazole rings is 1. The van der Waals surface area contributed by atoms with Crippen LogP contribution >= 0.6 is 0 Å². The van der Waals surface area contributed by atoms with Crippen molar-refractivity contribution in [3.63, 3.8) is 0 Å². The molecule has 5 heteroatoms. The number of hydrogen-bond donors (Lipinski definition) is 1. The number of pyridine rings is 1. The monoisotopic (exact) mass is 256 g/mol. The van der Waals surface area contributed by atoms with Crippen molar-refractivity contribution in [2.24, 2.45) is 5.92 Å². The molecule has 19 heavy (non-hydrogen) atoms. The Balaban J connectivity index is 1.61. The summed E-state index contributed by atoms with van der Waals surface area (Å²) in [7, 11) is 0. The van der Waals surface area contributed by atoms with Gasteiger partial charge in [-0.3, -0.25) is 9.55 Å². The van der Waals surface area contributed by atoms with E-state index in [-0.39, 0.29) is 6.03 Å². The molecule has 0 spiro atoms. The summed E-state index contributed by atoms with van der Waals surface area (Å²) in [6.45, 7) is 0.740. The minimum Gasteiger partial charge on any atom is -0.337 e. The van der Waals surface area contributed by atoms with Crippen LogP contribution in [0.15, 0.2) is 37.1 Å². The first-order valence-electron chi connectivity index (χ1n) is 6.55. The van der Waals surface area contributed by atoms with Crippen LogP contribution in [0.5, 0.6) is 0 Å². The van der Waals surface area contributed by atoms with E-state index < -0.39 is 0 Å². The van der Waals surface area contributed by atoms with E-state index in [1.54, 1.807) is 18.6 Å². The first-order chi connectivity index (χ1) is 9.33. The lowest BCUT2D eigenvalue weighted by Gasteiger charge is -2.03. The highest BCUT2D eigenvalue weighted by atomic mass is 16.2. The molecule has 2 aromatic heterocycles. The summed E-state index contributed by atoms with van der Waals surface area (Å²) in [4.78, 5) is 20.2. The van der Waals surface area contributed by atoms with Crippen LogP contribution in [0.2, 0.25) is 0 Å². The lowest BCUT2D eigenvalue weighted by molar-refractivity contribution is 0.242. The summed E-state index contributed by atoms with van der Waals surface area (Å²) in [5.74, 6) is 0.828. The van der Waals surface area contributed by atoms with Gasteiger partial charge in [-0.1, -0.05) is 12.8 Å². The van der Waals surface area contributed by atoms with Crippen molar-refractivity contribution in [3.8, 4) is 11.3 Å². The Kier molecular flexibility index (Phi) is 3.27. The van der Waals surface area contributed by atoms with Crippen LogP contribution in [0.4, 0.5) is 4.79 Å². The number of hydrogen-bond acceptors (Lipinski definition) is 3. The van der Waals surface area contributed by atoms with Crippen molar-refractivity contribution >= 4 is 6.03 Å². The van der Waals surface area contributed by atoms with Gasteiger partial charge in [0.05, 0.1) is 5.69 Å². The normalized spacial score (nSPS) is 14.3. The molecule has 1 fully saturated rings. The van der Waals surface area contributed by atoms with Crippen LogP contribution in [0.25, 0.3) is 11.3 Å². The Bertz CT molecular complexity index is 560. The van der Waals surface area contributed by atoms with Crippen LogP contribution in [-0.4, -0.2) is 27.1 Å². The van der Waals surface area contributed by atoms with Crippen molar-refractivity contribution in [1.29, 1.82) is 0 Å². The van der Waals surface area contributed by atoms with E-state index in [9.17, 15) is 4.79 Å². The number of carbonyl (C=O) groups excluding carboxylic acids is 1. The minimum atomic E-state index is -0.122. The van der Waals surface area contributed by atoms with E-state index in [1.165, 1.54) is 23.7 Å². The summed E-state index contributed by atoms with van der Waals surface area (Å²) in [5, 5.41) is 2.90. The average molecular weight is 256 g/mol. The maximum Gasteiger partial charge on any atom is 0.326 e. The lowest BCUT2D eigenvalue weighted by Crippen LogP contribution is -2.28. The van der Waals surface area contributed by atoms with E-state index in [0.29, 0.717) is 0 Å². The standard InChI is InChI=1S/C14H16N4O/c19-14(16-7-5-11-3-4-11)18-9-13(17-10-18)12-2-1-6-15-8-12/h1-2,6,8-11H,3-5,7H2,(H,16,19). The van der Waals surface area contributed by atoms with Crippen LogP contribution in [0.3, 0.4) is 0 Å². The third kappa shape index (κ3) is 2.99. The summed E-state index contributed by atoms with van der Waals surface area (Å²) in [6, 6.07) is 3.65. The number of carbonyl (C=O) groups is 1. The van der Waals surface area contributed by atoms with E-state index in [2.05, 4.69) is 15.3 Å². The molecule has 1 N–H and O–H groups in total. The third-order valence-corrected chi connectivity index (χ3v) is 3.30. The van der Waals surface area contributed by atoms with Gasteiger partial charge in [-0.15, -0.1) is 0 Å². The largest absolute Gasteiger partial charge is 0.337 e. The summed E-state index contributed by atoms with van der Waals surface area (Å²) in [5.41, 5.74) is 1.66. The van der Waals surface area contributed by atoms with Crippen molar-refractivity contribution < 1.29 is 4.79 Å². The number of nitrogens with one attached hydrogen (secondary N) is 1. The van der Waals surface area contributed by atoms with Crippen molar-refractivity contribution in [2.75, 3.05) is 6.54 Å². The lowest BCUT2D eigenvalue weighted by atomic mass is 10.2. The first-order valence-corrected chi connectivity index (χ1v) is 6.55. The SMILES string of the molecule is O=C(NCCC1CC1)n1cnc(-c2cccnc2)c1. The molecular formula is C14H16N4O. The van der Waals surface area contributed by atoms with Crippen molar-refractivity contribution in [1.82, 2.24) is 19.9 Å². The molecule has 1 saturated carbocycles. The fourth-order valence-electron chi connectivity index (χ4n) is 1.98. The Morgan fingerprint density at radius 1 is 1.47 bits per heavy atom. The number of nitrogens with zero attached hydrogens (tertiary/aromatic N) is 3. The number of amides is 1. The van der Waals surface area contributed by atoms with Crippen LogP contribution in [-0.2, 0) is 0 Å². The molecule has 0 aromatic carbocycles. The zero-order valence-corrected chi connectivity index (χ0v) is 10.6. The van der Waals surface area contributed by atoms with Crippen molar-refractivity contribution in [3.05, 3.63) is 37.1 Å². The van der Waals surface area contributed by atoms with Gasteiger partial charge >= 0.3 is 6.03 Å². The molecule has 1 amide bonds. The summed E-state index contributed by atoms with van der Waals surface area (Å²) < 4.78 is 1.48. The molecule has 0 atom stereocenters. The fourth-order valence-corrected chi connectivity index (χ4v) is 1.98. The van der Waals surface area contributed by atoms with Gasteiger partial charge in [-0.05, 0) is 24.5 Å². The second-order valence-electron chi connectivity index (χ2n) is 4.87. The third-order valence-electron chi connectivity index (χ3n) is 3.30. The first kappa shape index (κ1) is 11.9.